The van der Waals surface area contributed by atoms with Crippen molar-refractivity contribution in [2.75, 3.05) is 5.32 Å². The highest BCUT2D eigenvalue weighted by Gasteiger charge is 2.40. The molecule has 1 aliphatic carbocycles. The molecular formula is C18H14F3N3. The highest BCUT2D eigenvalue weighted by atomic mass is 19.4. The molecule has 1 heterocycles. The van der Waals surface area contributed by atoms with Gasteiger partial charge in [0.25, 0.3) is 0 Å². The predicted octanol–water partition coefficient (Wildman–Crippen LogP) is 4.62. The molecule has 0 spiro atoms. The van der Waals surface area contributed by atoms with Crippen molar-refractivity contribution in [3.8, 4) is 0 Å². The molecule has 0 radical (unpaired) electrons. The highest BCUT2D eigenvalue weighted by molar-refractivity contribution is 5.89. The van der Waals surface area contributed by atoms with Gasteiger partial charge >= 0.3 is 6.18 Å². The number of aromatic nitrogens is 2. The van der Waals surface area contributed by atoms with Crippen LogP contribution in [0.2, 0.25) is 0 Å². The van der Waals surface area contributed by atoms with Crippen molar-refractivity contribution in [1.82, 2.24) is 9.97 Å². The van der Waals surface area contributed by atoms with Crippen molar-refractivity contribution in [3.63, 3.8) is 0 Å². The Kier molecular flexibility index (Phi) is 3.40. The molecule has 3 aromatic rings. The number of fused-ring (bicyclic) bond motifs is 1. The van der Waals surface area contributed by atoms with Crippen molar-refractivity contribution in [2.24, 2.45) is 0 Å². The molecule has 1 N–H and O–H groups in total. The van der Waals surface area contributed by atoms with E-state index >= 15 is 0 Å². The van der Waals surface area contributed by atoms with E-state index in [0.29, 0.717) is 16.8 Å². The van der Waals surface area contributed by atoms with Gasteiger partial charge in [0.2, 0.25) is 5.82 Å². The van der Waals surface area contributed by atoms with Crippen molar-refractivity contribution in [3.05, 3.63) is 66.0 Å². The maximum Gasteiger partial charge on any atom is 0.451 e. The molecule has 4 rings (SSSR count). The molecule has 1 fully saturated rings. The number of hydrogen-bond donors (Lipinski definition) is 1. The summed E-state index contributed by atoms with van der Waals surface area (Å²) in [5.41, 5.74) is 1.48. The fraction of sp³-hybridized carbons (Fsp3) is 0.222. The van der Waals surface area contributed by atoms with E-state index in [4.69, 9.17) is 0 Å². The number of benzene rings is 2. The standard InChI is InChI=1S/C18H14F3N3/c19-18(20,21)17-23-14-9-5-4-8-12(14)16(24-17)22-15-10-13(15)11-6-2-1-3-7-11/h1-9,13,15H,10H2,(H,22,23,24)/t13-,15+/m0/s1. The van der Waals surface area contributed by atoms with Crippen LogP contribution < -0.4 is 5.32 Å². The zero-order valence-corrected chi connectivity index (χ0v) is 12.6. The third-order valence-electron chi connectivity index (χ3n) is 4.20. The van der Waals surface area contributed by atoms with Crippen molar-refractivity contribution in [1.29, 1.82) is 0 Å². The minimum Gasteiger partial charge on any atom is -0.366 e. The minimum absolute atomic E-state index is 0.0896. The molecular weight excluding hydrogens is 315 g/mol. The van der Waals surface area contributed by atoms with Gasteiger partial charge in [-0.05, 0) is 24.1 Å². The van der Waals surface area contributed by atoms with Gasteiger partial charge in [0.1, 0.15) is 5.82 Å². The lowest BCUT2D eigenvalue weighted by atomic mass is 10.1. The van der Waals surface area contributed by atoms with Crippen LogP contribution in [0.1, 0.15) is 23.7 Å². The molecule has 0 unspecified atom stereocenters. The quantitative estimate of drug-likeness (QED) is 0.762. The van der Waals surface area contributed by atoms with E-state index < -0.39 is 12.0 Å². The summed E-state index contributed by atoms with van der Waals surface area (Å²) in [4.78, 5) is 7.37. The van der Waals surface area contributed by atoms with Crippen molar-refractivity contribution >= 4 is 16.7 Å². The van der Waals surface area contributed by atoms with E-state index in [9.17, 15) is 13.2 Å². The third kappa shape index (κ3) is 2.79. The molecule has 3 nitrogen and oxygen atoms in total. The Balaban J connectivity index is 1.67. The Morgan fingerprint density at radius 2 is 1.62 bits per heavy atom. The van der Waals surface area contributed by atoms with Gasteiger partial charge < -0.3 is 5.32 Å². The first-order valence-corrected chi connectivity index (χ1v) is 7.68. The van der Waals surface area contributed by atoms with Crippen LogP contribution in [0.5, 0.6) is 0 Å². The molecule has 2 atom stereocenters. The summed E-state index contributed by atoms with van der Waals surface area (Å²) in [6.45, 7) is 0. The number of alkyl halides is 3. The fourth-order valence-corrected chi connectivity index (χ4v) is 2.91. The van der Waals surface area contributed by atoms with Gasteiger partial charge in [-0.15, -0.1) is 0 Å². The molecule has 1 aliphatic rings. The zero-order valence-electron chi connectivity index (χ0n) is 12.6. The second-order valence-electron chi connectivity index (χ2n) is 5.91. The zero-order chi connectivity index (χ0) is 16.7. The Labute approximate surface area is 136 Å². The van der Waals surface area contributed by atoms with Crippen LogP contribution in [0.3, 0.4) is 0 Å². The lowest BCUT2D eigenvalue weighted by Crippen LogP contribution is -2.15. The summed E-state index contributed by atoms with van der Waals surface area (Å²) in [6.07, 6.45) is -3.69. The van der Waals surface area contributed by atoms with Crippen LogP contribution in [0, 0.1) is 0 Å². The van der Waals surface area contributed by atoms with Gasteiger partial charge in [0, 0.05) is 17.3 Å². The van der Waals surface area contributed by atoms with Gasteiger partial charge in [-0.2, -0.15) is 13.2 Å². The minimum atomic E-state index is -4.57. The monoisotopic (exact) mass is 329 g/mol. The number of halogens is 3. The normalized spacial score (nSPS) is 20.1. The van der Waals surface area contributed by atoms with Crippen LogP contribution in [0.4, 0.5) is 19.0 Å². The van der Waals surface area contributed by atoms with Crippen LogP contribution in [-0.4, -0.2) is 16.0 Å². The number of hydrogen-bond acceptors (Lipinski definition) is 3. The highest BCUT2D eigenvalue weighted by Crippen LogP contribution is 2.43. The average molecular weight is 329 g/mol. The van der Waals surface area contributed by atoms with E-state index in [1.54, 1.807) is 24.3 Å². The molecule has 1 aromatic heterocycles. The van der Waals surface area contributed by atoms with Gasteiger partial charge in [0.15, 0.2) is 0 Å². The fourth-order valence-electron chi connectivity index (χ4n) is 2.91. The van der Waals surface area contributed by atoms with Crippen LogP contribution in [0.15, 0.2) is 54.6 Å². The number of nitrogens with zero attached hydrogens (tertiary/aromatic N) is 2. The molecule has 24 heavy (non-hydrogen) atoms. The predicted molar refractivity (Wildman–Crippen MR) is 85.8 cm³/mol. The lowest BCUT2D eigenvalue weighted by Gasteiger charge is -2.12. The molecule has 0 aliphatic heterocycles. The molecule has 0 saturated heterocycles. The second-order valence-corrected chi connectivity index (χ2v) is 5.91. The van der Waals surface area contributed by atoms with Gasteiger partial charge in [-0.25, -0.2) is 9.97 Å². The average Bonchev–Trinajstić information content (AvgIpc) is 3.34. The lowest BCUT2D eigenvalue weighted by molar-refractivity contribution is -0.144. The van der Waals surface area contributed by atoms with E-state index in [1.165, 1.54) is 5.56 Å². The van der Waals surface area contributed by atoms with Gasteiger partial charge in [-0.3, -0.25) is 0 Å². The van der Waals surface area contributed by atoms with E-state index in [1.807, 2.05) is 30.3 Å². The first-order valence-electron chi connectivity index (χ1n) is 7.68. The van der Waals surface area contributed by atoms with E-state index in [-0.39, 0.29) is 11.9 Å². The molecule has 122 valence electrons. The number of nitrogens with one attached hydrogen (secondary N) is 1. The van der Waals surface area contributed by atoms with E-state index in [0.717, 1.165) is 6.42 Å². The molecule has 6 heteroatoms. The molecule has 1 saturated carbocycles. The Morgan fingerprint density at radius 3 is 2.38 bits per heavy atom. The number of anilines is 1. The van der Waals surface area contributed by atoms with Crippen molar-refractivity contribution in [2.45, 2.75) is 24.6 Å². The van der Waals surface area contributed by atoms with Crippen LogP contribution in [0.25, 0.3) is 10.9 Å². The molecule has 0 amide bonds. The van der Waals surface area contributed by atoms with Crippen LogP contribution in [-0.2, 0) is 6.18 Å². The first-order chi connectivity index (χ1) is 11.5. The maximum atomic E-state index is 13.0. The van der Waals surface area contributed by atoms with Crippen molar-refractivity contribution < 1.29 is 13.2 Å². The van der Waals surface area contributed by atoms with Gasteiger partial charge in [0.05, 0.1) is 5.52 Å². The Hall–Kier alpha value is -2.63. The SMILES string of the molecule is FC(F)(F)c1nc(N[C@@H]2C[C@H]2c2ccccc2)c2ccccc2n1. The number of rotatable bonds is 3. The summed E-state index contributed by atoms with van der Waals surface area (Å²) >= 11 is 0. The maximum absolute atomic E-state index is 13.0. The summed E-state index contributed by atoms with van der Waals surface area (Å²) in [5, 5.41) is 3.77. The first kappa shape index (κ1) is 14.9. The summed E-state index contributed by atoms with van der Waals surface area (Å²) < 4.78 is 39.1. The smallest absolute Gasteiger partial charge is 0.366 e. The Bertz CT molecular complexity index is 878. The van der Waals surface area contributed by atoms with Crippen LogP contribution >= 0.6 is 0 Å². The number of para-hydroxylation sites is 1. The second kappa shape index (κ2) is 5.47. The summed E-state index contributed by atoms with van der Waals surface area (Å²) in [5.74, 6) is -0.564. The summed E-state index contributed by atoms with van der Waals surface area (Å²) in [6, 6.07) is 16.8. The molecule has 2 aromatic carbocycles. The van der Waals surface area contributed by atoms with Gasteiger partial charge in [-0.1, -0.05) is 42.5 Å². The topological polar surface area (TPSA) is 37.8 Å². The third-order valence-corrected chi connectivity index (χ3v) is 4.20. The largest absolute Gasteiger partial charge is 0.451 e. The van der Waals surface area contributed by atoms with E-state index in [2.05, 4.69) is 15.3 Å². The molecule has 0 bridgehead atoms. The summed E-state index contributed by atoms with van der Waals surface area (Å²) in [7, 11) is 0. The Morgan fingerprint density at radius 1 is 0.917 bits per heavy atom.